The quantitative estimate of drug-likeness (QED) is 0.665. The Morgan fingerprint density at radius 1 is 0.870 bits per heavy atom. The summed E-state index contributed by atoms with van der Waals surface area (Å²) in [6.45, 7) is 0. The number of thioether (sulfide) groups is 2. The van der Waals surface area contributed by atoms with Gasteiger partial charge >= 0.3 is 0 Å². The van der Waals surface area contributed by atoms with Crippen LogP contribution in [0.15, 0.2) is 63.9 Å². The first kappa shape index (κ1) is 15.9. The minimum Gasteiger partial charge on any atom is -0.507 e. The van der Waals surface area contributed by atoms with Crippen molar-refractivity contribution in [2.24, 2.45) is 0 Å². The Kier molecular flexibility index (Phi) is 4.59. The predicted octanol–water partition coefficient (Wildman–Crippen LogP) is 4.24. The van der Waals surface area contributed by atoms with Crippen molar-refractivity contribution in [3.63, 3.8) is 0 Å². The number of carbonyl (C=O) groups excluding carboxylic acids is 2. The number of ketones is 2. The Bertz CT molecular complexity index is 807. The van der Waals surface area contributed by atoms with Crippen LogP contribution in [0.1, 0.15) is 15.9 Å². The molecule has 0 spiro atoms. The first-order valence-electron chi connectivity index (χ1n) is 6.99. The molecule has 5 heteroatoms. The molecule has 116 valence electrons. The third-order valence-electron chi connectivity index (χ3n) is 3.64. The standard InChI is InChI=1S/C18H14O3S2/c1-22-11-6-8-12(9-7-11)23-10-15-16(19)13-4-2-3-5-14(13)17(20)18(15)21/h2-9,19H,10H2,1H3. The highest BCUT2D eigenvalue weighted by atomic mass is 32.2. The molecule has 1 N–H and O–H groups in total. The fraction of sp³-hybridized carbons (Fsp3) is 0.111. The smallest absolute Gasteiger partial charge is 0.234 e. The SMILES string of the molecule is CSc1ccc(SCC2=C(O)c3ccccc3C(=O)C2=O)cc1. The van der Waals surface area contributed by atoms with E-state index in [1.54, 1.807) is 36.0 Å². The molecule has 0 amide bonds. The third kappa shape index (κ3) is 3.07. The van der Waals surface area contributed by atoms with Gasteiger partial charge in [0.15, 0.2) is 0 Å². The number of fused-ring (bicyclic) bond motifs is 1. The van der Waals surface area contributed by atoms with E-state index in [1.807, 2.05) is 30.5 Å². The van der Waals surface area contributed by atoms with Crippen LogP contribution in [0, 0.1) is 0 Å². The van der Waals surface area contributed by atoms with E-state index in [2.05, 4.69) is 0 Å². The van der Waals surface area contributed by atoms with Gasteiger partial charge in [0.2, 0.25) is 11.6 Å². The molecule has 0 radical (unpaired) electrons. The molecule has 2 aromatic rings. The summed E-state index contributed by atoms with van der Waals surface area (Å²) in [5.74, 6) is -0.983. The van der Waals surface area contributed by atoms with Crippen molar-refractivity contribution in [1.29, 1.82) is 0 Å². The van der Waals surface area contributed by atoms with Crippen LogP contribution in [-0.4, -0.2) is 28.7 Å². The van der Waals surface area contributed by atoms with Gasteiger partial charge in [-0.1, -0.05) is 24.3 Å². The molecule has 0 heterocycles. The topological polar surface area (TPSA) is 54.4 Å². The van der Waals surface area contributed by atoms with Crippen molar-refractivity contribution in [1.82, 2.24) is 0 Å². The molecule has 1 aliphatic rings. The number of hydrogen-bond donors (Lipinski definition) is 1. The summed E-state index contributed by atoms with van der Waals surface area (Å²) < 4.78 is 0. The summed E-state index contributed by atoms with van der Waals surface area (Å²) in [7, 11) is 0. The molecular weight excluding hydrogens is 328 g/mol. The Hall–Kier alpha value is -1.98. The Morgan fingerprint density at radius 3 is 2.13 bits per heavy atom. The van der Waals surface area contributed by atoms with E-state index in [9.17, 15) is 14.7 Å². The van der Waals surface area contributed by atoms with Gasteiger partial charge in [-0.2, -0.15) is 0 Å². The van der Waals surface area contributed by atoms with E-state index in [-0.39, 0.29) is 22.6 Å². The lowest BCUT2D eigenvalue weighted by Gasteiger charge is -2.17. The molecule has 23 heavy (non-hydrogen) atoms. The van der Waals surface area contributed by atoms with E-state index in [1.165, 1.54) is 11.8 Å². The highest BCUT2D eigenvalue weighted by molar-refractivity contribution is 7.99. The van der Waals surface area contributed by atoms with Crippen molar-refractivity contribution in [3.8, 4) is 0 Å². The average molecular weight is 342 g/mol. The summed E-state index contributed by atoms with van der Waals surface area (Å²) >= 11 is 3.09. The molecule has 1 aliphatic carbocycles. The molecule has 3 nitrogen and oxygen atoms in total. The maximum atomic E-state index is 12.2. The van der Waals surface area contributed by atoms with Gasteiger partial charge in [0.1, 0.15) is 5.76 Å². The fourth-order valence-corrected chi connectivity index (χ4v) is 3.69. The number of Topliss-reactive ketones (excluding diaryl/α,β-unsaturated/α-hetero) is 2. The van der Waals surface area contributed by atoms with Crippen molar-refractivity contribution >= 4 is 40.8 Å². The van der Waals surface area contributed by atoms with E-state index in [0.29, 0.717) is 5.56 Å². The molecule has 0 aliphatic heterocycles. The van der Waals surface area contributed by atoms with Crippen molar-refractivity contribution in [2.75, 3.05) is 12.0 Å². The highest BCUT2D eigenvalue weighted by Crippen LogP contribution is 2.31. The van der Waals surface area contributed by atoms with Crippen LogP contribution in [0.5, 0.6) is 0 Å². The van der Waals surface area contributed by atoms with Gasteiger partial charge in [-0.05, 0) is 30.5 Å². The van der Waals surface area contributed by atoms with Gasteiger partial charge in [0.05, 0.1) is 5.57 Å². The monoisotopic (exact) mass is 342 g/mol. The molecular formula is C18H14O3S2. The zero-order chi connectivity index (χ0) is 16.4. The molecule has 2 aromatic carbocycles. The van der Waals surface area contributed by atoms with Gasteiger partial charge < -0.3 is 5.11 Å². The minimum atomic E-state index is -0.616. The maximum Gasteiger partial charge on any atom is 0.234 e. The van der Waals surface area contributed by atoms with Crippen molar-refractivity contribution < 1.29 is 14.7 Å². The third-order valence-corrected chi connectivity index (χ3v) is 5.42. The second-order valence-electron chi connectivity index (χ2n) is 5.00. The van der Waals surface area contributed by atoms with Crippen LogP contribution in [0.25, 0.3) is 5.76 Å². The van der Waals surface area contributed by atoms with Gasteiger partial charge in [0.25, 0.3) is 0 Å². The molecule has 0 saturated heterocycles. The minimum absolute atomic E-state index is 0.0848. The molecule has 0 atom stereocenters. The fourth-order valence-electron chi connectivity index (χ4n) is 2.38. The molecule has 0 aromatic heterocycles. The lowest BCUT2D eigenvalue weighted by molar-refractivity contribution is -0.111. The molecule has 0 unspecified atom stereocenters. The summed E-state index contributed by atoms with van der Waals surface area (Å²) in [6.07, 6.45) is 2.01. The van der Waals surface area contributed by atoms with Crippen LogP contribution < -0.4 is 0 Å². The first-order valence-corrected chi connectivity index (χ1v) is 9.20. The second-order valence-corrected chi connectivity index (χ2v) is 6.92. The van der Waals surface area contributed by atoms with Gasteiger partial charge in [0, 0.05) is 26.7 Å². The predicted molar refractivity (Wildman–Crippen MR) is 94.3 cm³/mol. The van der Waals surface area contributed by atoms with E-state index < -0.39 is 11.6 Å². The summed E-state index contributed by atoms with van der Waals surface area (Å²) in [5.41, 5.74) is 0.881. The molecule has 0 fully saturated rings. The summed E-state index contributed by atoms with van der Waals surface area (Å²) in [4.78, 5) is 26.5. The molecule has 0 bridgehead atoms. The van der Waals surface area contributed by atoms with Gasteiger partial charge in [-0.25, -0.2) is 0 Å². The van der Waals surface area contributed by atoms with E-state index in [4.69, 9.17) is 0 Å². The largest absolute Gasteiger partial charge is 0.507 e. The summed E-state index contributed by atoms with van der Waals surface area (Å²) in [6, 6.07) is 14.6. The molecule has 0 saturated carbocycles. The first-order chi connectivity index (χ1) is 11.1. The van der Waals surface area contributed by atoms with Crippen LogP contribution in [0.2, 0.25) is 0 Å². The normalized spacial score (nSPS) is 14.1. The lowest BCUT2D eigenvalue weighted by atomic mass is 9.89. The van der Waals surface area contributed by atoms with Crippen LogP contribution in [-0.2, 0) is 4.79 Å². The number of hydrogen-bond acceptors (Lipinski definition) is 5. The second kappa shape index (κ2) is 6.64. The average Bonchev–Trinajstić information content (AvgIpc) is 2.60. The number of aliphatic hydroxyl groups is 1. The van der Waals surface area contributed by atoms with Crippen LogP contribution in [0.4, 0.5) is 0 Å². The zero-order valence-corrected chi connectivity index (χ0v) is 14.0. The Morgan fingerprint density at radius 2 is 1.48 bits per heavy atom. The van der Waals surface area contributed by atoms with Gasteiger partial charge in [-0.3, -0.25) is 9.59 Å². The number of benzene rings is 2. The van der Waals surface area contributed by atoms with Crippen molar-refractivity contribution in [3.05, 3.63) is 65.2 Å². The van der Waals surface area contributed by atoms with Crippen molar-refractivity contribution in [2.45, 2.75) is 9.79 Å². The Labute approximate surface area is 142 Å². The van der Waals surface area contributed by atoms with Crippen LogP contribution in [0.3, 0.4) is 0 Å². The Balaban J connectivity index is 1.86. The number of rotatable bonds is 4. The van der Waals surface area contributed by atoms with Crippen LogP contribution >= 0.6 is 23.5 Å². The lowest BCUT2D eigenvalue weighted by Crippen LogP contribution is -2.25. The highest BCUT2D eigenvalue weighted by Gasteiger charge is 2.32. The van der Waals surface area contributed by atoms with E-state index >= 15 is 0 Å². The van der Waals surface area contributed by atoms with Gasteiger partial charge in [-0.15, -0.1) is 23.5 Å². The maximum absolute atomic E-state index is 12.2. The number of aliphatic hydroxyl groups excluding tert-OH is 1. The molecule has 3 rings (SSSR count). The zero-order valence-electron chi connectivity index (χ0n) is 12.4. The van der Waals surface area contributed by atoms with E-state index in [0.717, 1.165) is 9.79 Å². The summed E-state index contributed by atoms with van der Waals surface area (Å²) in [5, 5.41) is 10.4. The number of carbonyl (C=O) groups is 2.